The lowest BCUT2D eigenvalue weighted by Gasteiger charge is -2.13. The Hall–Kier alpha value is -2.17. The predicted molar refractivity (Wildman–Crippen MR) is 107 cm³/mol. The molecule has 2 N–H and O–H groups in total. The van der Waals surface area contributed by atoms with Crippen molar-refractivity contribution in [2.45, 2.75) is 17.7 Å². The zero-order valence-corrected chi connectivity index (χ0v) is 14.9. The number of nitrogens with zero attached hydrogens (tertiary/aromatic N) is 1. The van der Waals surface area contributed by atoms with Gasteiger partial charge in [0.2, 0.25) is 0 Å². The van der Waals surface area contributed by atoms with Crippen LogP contribution in [0.15, 0.2) is 59.6 Å². The van der Waals surface area contributed by atoms with Gasteiger partial charge in [-0.05, 0) is 66.7 Å². The molecule has 2 aliphatic heterocycles. The fourth-order valence-electron chi connectivity index (χ4n) is 3.80. The Kier molecular flexibility index (Phi) is 3.80. The van der Waals surface area contributed by atoms with E-state index in [1.807, 2.05) is 11.9 Å². The molecule has 3 aromatic rings. The highest BCUT2D eigenvalue weighted by Crippen LogP contribution is 2.35. The number of hydrogen-bond acceptors (Lipinski definition) is 3. The number of nitrogens with one attached hydrogen (secondary N) is 2. The number of para-hydroxylation sites is 1. The molecule has 0 bridgehead atoms. The van der Waals surface area contributed by atoms with Crippen LogP contribution in [0.2, 0.25) is 0 Å². The van der Waals surface area contributed by atoms with Crippen molar-refractivity contribution in [2.24, 2.45) is 0 Å². The smallest absolute Gasteiger partial charge is 0.0600 e. The minimum atomic E-state index is 0.972. The zero-order valence-electron chi connectivity index (χ0n) is 14.1. The lowest BCUT2D eigenvalue weighted by Crippen LogP contribution is -2.19. The first-order chi connectivity index (χ1) is 12.4. The molecule has 25 heavy (non-hydrogen) atoms. The van der Waals surface area contributed by atoms with Gasteiger partial charge in [-0.3, -0.25) is 3.97 Å². The summed E-state index contributed by atoms with van der Waals surface area (Å²) in [4.78, 5) is 1.30. The normalized spacial score (nSPS) is 16.6. The van der Waals surface area contributed by atoms with Gasteiger partial charge in [-0.2, -0.15) is 0 Å². The maximum Gasteiger partial charge on any atom is 0.0600 e. The first-order valence-electron chi connectivity index (χ1n) is 8.94. The molecule has 0 amide bonds. The third kappa shape index (κ3) is 2.75. The molecule has 4 heteroatoms. The second-order valence-corrected chi connectivity index (χ2v) is 7.70. The maximum absolute atomic E-state index is 3.44. The summed E-state index contributed by atoms with van der Waals surface area (Å²) >= 11 is 1.81. The average molecular weight is 347 g/mol. The van der Waals surface area contributed by atoms with Crippen LogP contribution in [0.5, 0.6) is 0 Å². The van der Waals surface area contributed by atoms with E-state index < -0.39 is 0 Å². The van der Waals surface area contributed by atoms with E-state index in [2.05, 4.69) is 69.3 Å². The zero-order chi connectivity index (χ0) is 16.6. The number of benzene rings is 2. The van der Waals surface area contributed by atoms with E-state index in [0.717, 1.165) is 32.5 Å². The van der Waals surface area contributed by atoms with Crippen LogP contribution in [0.4, 0.5) is 5.69 Å². The summed E-state index contributed by atoms with van der Waals surface area (Å²) in [5, 5.41) is 8.20. The molecular formula is C21H21N3S. The van der Waals surface area contributed by atoms with E-state index in [9.17, 15) is 0 Å². The molecule has 0 aliphatic carbocycles. The van der Waals surface area contributed by atoms with Crippen molar-refractivity contribution >= 4 is 34.1 Å². The highest BCUT2D eigenvalue weighted by atomic mass is 32.2. The second-order valence-electron chi connectivity index (χ2n) is 6.66. The van der Waals surface area contributed by atoms with Crippen LogP contribution < -0.4 is 10.6 Å². The van der Waals surface area contributed by atoms with Crippen molar-refractivity contribution in [1.82, 2.24) is 9.29 Å². The first-order valence-corrected chi connectivity index (χ1v) is 9.71. The van der Waals surface area contributed by atoms with E-state index in [1.54, 1.807) is 0 Å². The van der Waals surface area contributed by atoms with Gasteiger partial charge >= 0.3 is 0 Å². The van der Waals surface area contributed by atoms with Crippen LogP contribution in [0, 0.1) is 0 Å². The molecule has 2 aromatic carbocycles. The van der Waals surface area contributed by atoms with Crippen molar-refractivity contribution in [2.75, 3.05) is 25.0 Å². The molecule has 0 saturated heterocycles. The molecule has 5 rings (SSSR count). The topological polar surface area (TPSA) is 29.0 Å². The van der Waals surface area contributed by atoms with Crippen LogP contribution in [0.1, 0.15) is 17.5 Å². The molecule has 3 heterocycles. The molecule has 126 valence electrons. The van der Waals surface area contributed by atoms with Crippen LogP contribution in [0.3, 0.4) is 0 Å². The molecule has 3 nitrogen and oxygen atoms in total. The maximum atomic E-state index is 3.44. The summed E-state index contributed by atoms with van der Waals surface area (Å²) < 4.78 is 2.33. The van der Waals surface area contributed by atoms with Gasteiger partial charge in [0.25, 0.3) is 0 Å². The molecule has 1 aromatic heterocycles. The third-order valence-corrected chi connectivity index (χ3v) is 6.04. The van der Waals surface area contributed by atoms with Crippen molar-refractivity contribution in [3.8, 4) is 0 Å². The lowest BCUT2D eigenvalue weighted by atomic mass is 10.00. The van der Waals surface area contributed by atoms with Gasteiger partial charge in [-0.1, -0.05) is 24.3 Å². The minimum absolute atomic E-state index is 0.972. The summed E-state index contributed by atoms with van der Waals surface area (Å²) in [6.07, 6.45) is 6.88. The summed E-state index contributed by atoms with van der Waals surface area (Å²) in [5.41, 5.74) is 6.87. The molecule has 0 saturated carbocycles. The monoisotopic (exact) mass is 347 g/mol. The quantitative estimate of drug-likeness (QED) is 0.729. The Bertz CT molecular complexity index is 970. The Morgan fingerprint density at radius 3 is 2.88 bits per heavy atom. The molecule has 0 radical (unpaired) electrons. The molecule has 2 aliphatic rings. The van der Waals surface area contributed by atoms with Gasteiger partial charge in [0.1, 0.15) is 0 Å². The van der Waals surface area contributed by atoms with Gasteiger partial charge < -0.3 is 10.6 Å². The summed E-state index contributed by atoms with van der Waals surface area (Å²) in [6, 6.07) is 15.5. The number of anilines is 1. The number of fused-ring (bicyclic) bond motifs is 2. The van der Waals surface area contributed by atoms with Crippen molar-refractivity contribution in [3.63, 3.8) is 0 Å². The number of aromatic nitrogens is 1. The van der Waals surface area contributed by atoms with Gasteiger partial charge in [-0.25, -0.2) is 0 Å². The summed E-state index contributed by atoms with van der Waals surface area (Å²) in [6.45, 7) is 3.10. The van der Waals surface area contributed by atoms with Crippen molar-refractivity contribution in [1.29, 1.82) is 0 Å². The molecule has 0 fully saturated rings. The van der Waals surface area contributed by atoms with Crippen molar-refractivity contribution < 1.29 is 0 Å². The highest BCUT2D eigenvalue weighted by molar-refractivity contribution is 7.98. The average Bonchev–Trinajstić information content (AvgIpc) is 3.27. The van der Waals surface area contributed by atoms with E-state index in [-0.39, 0.29) is 0 Å². The van der Waals surface area contributed by atoms with Crippen molar-refractivity contribution in [3.05, 3.63) is 65.9 Å². The Morgan fingerprint density at radius 2 is 1.96 bits per heavy atom. The highest BCUT2D eigenvalue weighted by Gasteiger charge is 2.15. The van der Waals surface area contributed by atoms with E-state index >= 15 is 0 Å². The molecular weight excluding hydrogens is 326 g/mol. The fraction of sp³-hybridized carbons (Fsp3) is 0.238. The minimum Gasteiger partial charge on any atom is -0.384 e. The molecule has 0 unspecified atom stereocenters. The summed E-state index contributed by atoms with van der Waals surface area (Å²) in [5.74, 6) is 0. The first kappa shape index (κ1) is 15.1. The van der Waals surface area contributed by atoms with Gasteiger partial charge in [0.05, 0.1) is 5.52 Å². The Balaban J connectivity index is 1.56. The summed E-state index contributed by atoms with van der Waals surface area (Å²) in [7, 11) is 0. The van der Waals surface area contributed by atoms with Crippen LogP contribution >= 0.6 is 11.9 Å². The van der Waals surface area contributed by atoms with Crippen LogP contribution in [0.25, 0.3) is 16.5 Å². The van der Waals surface area contributed by atoms with E-state index in [0.29, 0.717) is 0 Å². The second kappa shape index (κ2) is 6.28. The van der Waals surface area contributed by atoms with Crippen LogP contribution in [-0.4, -0.2) is 23.6 Å². The molecule has 0 spiro atoms. The standard InChI is InChI=1S/C21H21N3S/c1-2-4-21-18(3-1)19(15-7-10-22-11-8-15)14-24(21)25-17-5-6-20-16(13-17)9-12-23-20/h1-7,13-14,22-23H,8-12H2. The third-order valence-electron chi connectivity index (χ3n) is 5.08. The fourth-order valence-corrected chi connectivity index (χ4v) is 4.77. The van der Waals surface area contributed by atoms with Gasteiger partial charge in [0.15, 0.2) is 0 Å². The lowest BCUT2D eigenvalue weighted by molar-refractivity contribution is 0.739. The Morgan fingerprint density at radius 1 is 1.00 bits per heavy atom. The predicted octanol–water partition coefficient (Wildman–Crippen LogP) is 4.54. The van der Waals surface area contributed by atoms with E-state index in [1.165, 1.54) is 38.2 Å². The van der Waals surface area contributed by atoms with E-state index in [4.69, 9.17) is 0 Å². The van der Waals surface area contributed by atoms with Gasteiger partial charge in [0, 0.05) is 40.8 Å². The van der Waals surface area contributed by atoms with Crippen LogP contribution in [-0.2, 0) is 6.42 Å². The number of hydrogen-bond donors (Lipinski definition) is 2. The largest absolute Gasteiger partial charge is 0.384 e. The van der Waals surface area contributed by atoms with Gasteiger partial charge in [-0.15, -0.1) is 0 Å². The number of rotatable bonds is 3. The molecule has 0 atom stereocenters. The Labute approximate surface area is 152 Å². The SMILES string of the molecule is C1=C(c2cn(Sc3ccc4c(c3)CCN4)c3ccccc23)CCNC1.